The third-order valence-electron chi connectivity index (χ3n) is 3.53. The number of hydrogen-bond acceptors (Lipinski definition) is 5. The Labute approximate surface area is 152 Å². The number of rotatable bonds is 8. The standard InChI is InChI=1S/C17H21ClN2O4S/c1-3-24-17-9-15(18)13(8-16(17)23-2)11-20-10-12-4-6-14(7-5-12)25(19,21)22/h4-9,20H,3,10-11H2,1-2H3,(H2,19,21,22). The minimum Gasteiger partial charge on any atom is -0.493 e. The number of halogens is 1. The minimum atomic E-state index is -3.67. The maximum absolute atomic E-state index is 11.2. The lowest BCUT2D eigenvalue weighted by molar-refractivity contribution is 0.310. The Balaban J connectivity index is 2.02. The molecule has 0 amide bonds. The average Bonchev–Trinajstić information content (AvgIpc) is 2.56. The van der Waals surface area contributed by atoms with Crippen molar-refractivity contribution in [1.82, 2.24) is 5.32 Å². The molecule has 8 heteroatoms. The van der Waals surface area contributed by atoms with Crippen LogP contribution in [0.4, 0.5) is 0 Å². The summed E-state index contributed by atoms with van der Waals surface area (Å²) in [6.07, 6.45) is 0. The van der Waals surface area contributed by atoms with E-state index in [0.29, 0.717) is 36.2 Å². The van der Waals surface area contributed by atoms with Gasteiger partial charge in [-0.2, -0.15) is 0 Å². The normalized spacial score (nSPS) is 11.4. The Hall–Kier alpha value is -1.80. The summed E-state index contributed by atoms with van der Waals surface area (Å²) in [5.74, 6) is 1.23. The van der Waals surface area contributed by atoms with Crippen molar-refractivity contribution >= 4 is 21.6 Å². The molecule has 0 aliphatic heterocycles. The van der Waals surface area contributed by atoms with E-state index in [0.717, 1.165) is 11.1 Å². The van der Waals surface area contributed by atoms with Crippen molar-refractivity contribution in [1.29, 1.82) is 0 Å². The molecule has 0 aliphatic carbocycles. The van der Waals surface area contributed by atoms with Crippen LogP contribution in [-0.2, 0) is 23.1 Å². The summed E-state index contributed by atoms with van der Waals surface area (Å²) < 4.78 is 33.3. The van der Waals surface area contributed by atoms with E-state index in [-0.39, 0.29) is 4.90 Å². The number of hydrogen-bond donors (Lipinski definition) is 2. The van der Waals surface area contributed by atoms with Crippen LogP contribution in [0.5, 0.6) is 11.5 Å². The second-order valence-electron chi connectivity index (χ2n) is 5.32. The first-order chi connectivity index (χ1) is 11.8. The highest BCUT2D eigenvalue weighted by molar-refractivity contribution is 7.89. The Morgan fingerprint density at radius 1 is 1.12 bits per heavy atom. The van der Waals surface area contributed by atoms with Crippen LogP contribution in [0, 0.1) is 0 Å². The molecule has 0 aromatic heterocycles. The predicted octanol–water partition coefficient (Wildman–Crippen LogP) is 2.68. The first-order valence-corrected chi connectivity index (χ1v) is 9.59. The molecular weight excluding hydrogens is 364 g/mol. The van der Waals surface area contributed by atoms with Gasteiger partial charge in [0, 0.05) is 24.2 Å². The van der Waals surface area contributed by atoms with Gasteiger partial charge in [-0.25, -0.2) is 13.6 Å². The van der Waals surface area contributed by atoms with Crippen molar-refractivity contribution in [2.45, 2.75) is 24.9 Å². The lowest BCUT2D eigenvalue weighted by atomic mass is 10.2. The van der Waals surface area contributed by atoms with Crippen LogP contribution in [0.2, 0.25) is 5.02 Å². The molecule has 3 N–H and O–H groups in total. The number of primary sulfonamides is 1. The molecule has 0 atom stereocenters. The molecule has 0 fully saturated rings. The van der Waals surface area contributed by atoms with E-state index in [1.807, 2.05) is 13.0 Å². The smallest absolute Gasteiger partial charge is 0.238 e. The van der Waals surface area contributed by atoms with Crippen molar-refractivity contribution in [3.8, 4) is 11.5 Å². The quantitative estimate of drug-likeness (QED) is 0.730. The fourth-order valence-electron chi connectivity index (χ4n) is 2.28. The molecule has 2 aromatic carbocycles. The van der Waals surface area contributed by atoms with Crippen LogP contribution in [0.15, 0.2) is 41.3 Å². The molecule has 0 bridgehead atoms. The highest BCUT2D eigenvalue weighted by Crippen LogP contribution is 2.33. The van der Waals surface area contributed by atoms with Gasteiger partial charge >= 0.3 is 0 Å². The summed E-state index contributed by atoms with van der Waals surface area (Å²) in [6.45, 7) is 3.50. The fourth-order valence-corrected chi connectivity index (χ4v) is 3.01. The van der Waals surface area contributed by atoms with Crippen molar-refractivity contribution in [2.24, 2.45) is 5.14 Å². The van der Waals surface area contributed by atoms with Gasteiger partial charge in [-0.3, -0.25) is 0 Å². The summed E-state index contributed by atoms with van der Waals surface area (Å²) in [6, 6.07) is 9.98. The molecular formula is C17H21ClN2O4S. The SMILES string of the molecule is CCOc1cc(Cl)c(CNCc2ccc(S(N)(=O)=O)cc2)cc1OC. The maximum atomic E-state index is 11.2. The molecule has 0 radical (unpaired) electrons. The number of nitrogens with two attached hydrogens (primary N) is 1. The Bertz CT molecular complexity index is 823. The first-order valence-electron chi connectivity index (χ1n) is 7.66. The van der Waals surface area contributed by atoms with Gasteiger partial charge in [0.1, 0.15) is 0 Å². The zero-order valence-corrected chi connectivity index (χ0v) is 15.7. The largest absolute Gasteiger partial charge is 0.493 e. The monoisotopic (exact) mass is 384 g/mol. The van der Waals surface area contributed by atoms with E-state index < -0.39 is 10.0 Å². The second kappa shape index (κ2) is 8.53. The van der Waals surface area contributed by atoms with Crippen LogP contribution in [0.3, 0.4) is 0 Å². The molecule has 6 nitrogen and oxygen atoms in total. The molecule has 2 aromatic rings. The molecule has 0 saturated heterocycles. The first kappa shape index (κ1) is 19.5. The molecule has 136 valence electrons. The van der Waals surface area contributed by atoms with E-state index in [4.69, 9.17) is 26.2 Å². The third-order valence-corrected chi connectivity index (χ3v) is 4.81. The Morgan fingerprint density at radius 2 is 1.80 bits per heavy atom. The van der Waals surface area contributed by atoms with E-state index in [2.05, 4.69) is 5.32 Å². The Morgan fingerprint density at radius 3 is 2.36 bits per heavy atom. The van der Waals surface area contributed by atoms with E-state index in [1.54, 1.807) is 25.3 Å². The van der Waals surface area contributed by atoms with Gasteiger partial charge in [-0.1, -0.05) is 23.7 Å². The van der Waals surface area contributed by atoms with Crippen LogP contribution < -0.4 is 19.9 Å². The molecule has 0 spiro atoms. The van der Waals surface area contributed by atoms with Gasteiger partial charge in [-0.15, -0.1) is 0 Å². The van der Waals surface area contributed by atoms with Crippen LogP contribution in [-0.4, -0.2) is 22.1 Å². The summed E-state index contributed by atoms with van der Waals surface area (Å²) in [5.41, 5.74) is 1.81. The number of methoxy groups -OCH3 is 1. The Kier molecular flexibility index (Phi) is 6.66. The maximum Gasteiger partial charge on any atom is 0.238 e. The number of benzene rings is 2. The number of ether oxygens (including phenoxy) is 2. The molecule has 2 rings (SSSR count). The van der Waals surface area contributed by atoms with E-state index in [1.165, 1.54) is 12.1 Å². The highest BCUT2D eigenvalue weighted by Gasteiger charge is 2.10. The molecule has 0 aliphatic rings. The molecule has 0 unspecified atom stereocenters. The second-order valence-corrected chi connectivity index (χ2v) is 7.29. The molecule has 25 heavy (non-hydrogen) atoms. The zero-order valence-electron chi connectivity index (χ0n) is 14.1. The van der Waals surface area contributed by atoms with Crippen molar-refractivity contribution in [2.75, 3.05) is 13.7 Å². The van der Waals surface area contributed by atoms with Crippen LogP contribution in [0.25, 0.3) is 0 Å². The minimum absolute atomic E-state index is 0.0931. The average molecular weight is 385 g/mol. The lowest BCUT2D eigenvalue weighted by Crippen LogP contribution is -2.14. The summed E-state index contributed by atoms with van der Waals surface area (Å²) in [4.78, 5) is 0.0931. The van der Waals surface area contributed by atoms with Gasteiger partial charge in [0.25, 0.3) is 0 Å². The van der Waals surface area contributed by atoms with Crippen molar-refractivity contribution < 1.29 is 17.9 Å². The van der Waals surface area contributed by atoms with Gasteiger partial charge in [0.2, 0.25) is 10.0 Å². The number of nitrogens with one attached hydrogen (secondary N) is 1. The van der Waals surface area contributed by atoms with E-state index >= 15 is 0 Å². The van der Waals surface area contributed by atoms with Gasteiger partial charge in [0.15, 0.2) is 11.5 Å². The summed E-state index contributed by atoms with van der Waals surface area (Å²) in [5, 5.41) is 8.92. The fraction of sp³-hybridized carbons (Fsp3) is 0.294. The van der Waals surface area contributed by atoms with Crippen molar-refractivity contribution in [3.63, 3.8) is 0 Å². The summed E-state index contributed by atoms with van der Waals surface area (Å²) in [7, 11) is -2.09. The topological polar surface area (TPSA) is 90.6 Å². The molecule has 0 saturated carbocycles. The predicted molar refractivity (Wildman–Crippen MR) is 97.5 cm³/mol. The van der Waals surface area contributed by atoms with Gasteiger partial charge < -0.3 is 14.8 Å². The summed E-state index contributed by atoms with van der Waals surface area (Å²) >= 11 is 6.29. The van der Waals surface area contributed by atoms with E-state index in [9.17, 15) is 8.42 Å². The van der Waals surface area contributed by atoms with Crippen molar-refractivity contribution in [3.05, 3.63) is 52.5 Å². The van der Waals surface area contributed by atoms with Crippen LogP contribution >= 0.6 is 11.6 Å². The van der Waals surface area contributed by atoms with Gasteiger partial charge in [0.05, 0.1) is 18.6 Å². The van der Waals surface area contributed by atoms with Crippen LogP contribution in [0.1, 0.15) is 18.1 Å². The number of sulfonamides is 1. The lowest BCUT2D eigenvalue weighted by Gasteiger charge is -2.13. The third kappa shape index (κ3) is 5.34. The highest BCUT2D eigenvalue weighted by atomic mass is 35.5. The molecule has 0 heterocycles. The zero-order chi connectivity index (χ0) is 18.4. The van der Waals surface area contributed by atoms with Gasteiger partial charge in [-0.05, 0) is 36.2 Å².